The molecule has 0 saturated heterocycles. The lowest BCUT2D eigenvalue weighted by atomic mass is 10.2. The van der Waals surface area contributed by atoms with Crippen LogP contribution in [0.1, 0.15) is 42.0 Å². The van der Waals surface area contributed by atoms with Gasteiger partial charge in [-0.2, -0.15) is 0 Å². The van der Waals surface area contributed by atoms with Gasteiger partial charge in [-0.15, -0.1) is 5.10 Å². The van der Waals surface area contributed by atoms with Crippen molar-refractivity contribution in [2.45, 2.75) is 40.2 Å². The second-order valence-corrected chi connectivity index (χ2v) is 5.56. The van der Waals surface area contributed by atoms with Crippen LogP contribution in [0, 0.1) is 13.8 Å². The maximum absolute atomic E-state index is 12.1. The summed E-state index contributed by atoms with van der Waals surface area (Å²) in [6.07, 6.45) is 0.868. The largest absolute Gasteiger partial charge is 0.348 e. The van der Waals surface area contributed by atoms with Crippen LogP contribution in [0.3, 0.4) is 0 Å². The summed E-state index contributed by atoms with van der Waals surface area (Å²) < 4.78 is 1.62. The predicted octanol–water partition coefficient (Wildman–Crippen LogP) is 3.07. The molecule has 0 radical (unpaired) electrons. The molecule has 0 spiro atoms. The van der Waals surface area contributed by atoms with Crippen molar-refractivity contribution in [1.29, 1.82) is 0 Å². The maximum Gasteiger partial charge on any atom is 0.273 e. The van der Waals surface area contributed by atoms with E-state index in [1.54, 1.807) is 4.68 Å². The molecule has 1 heterocycles. The van der Waals surface area contributed by atoms with Gasteiger partial charge in [-0.3, -0.25) is 4.79 Å². The molecule has 1 amide bonds. The summed E-state index contributed by atoms with van der Waals surface area (Å²) in [7, 11) is 0. The zero-order chi connectivity index (χ0) is 15.6. The average molecular weight is 307 g/mol. The zero-order valence-corrected chi connectivity index (χ0v) is 13.4. The van der Waals surface area contributed by atoms with Gasteiger partial charge < -0.3 is 5.32 Å². The number of amides is 1. The molecule has 0 fully saturated rings. The van der Waals surface area contributed by atoms with Crippen LogP contribution in [-0.4, -0.2) is 26.9 Å². The van der Waals surface area contributed by atoms with Crippen LogP contribution in [0.2, 0.25) is 5.02 Å². The lowest BCUT2D eigenvalue weighted by Crippen LogP contribution is -2.32. The molecule has 21 heavy (non-hydrogen) atoms. The van der Waals surface area contributed by atoms with Gasteiger partial charge in [-0.25, -0.2) is 4.68 Å². The molecule has 6 heteroatoms. The van der Waals surface area contributed by atoms with Crippen LogP contribution in [0.15, 0.2) is 18.2 Å². The van der Waals surface area contributed by atoms with Gasteiger partial charge in [0.05, 0.1) is 11.4 Å². The highest BCUT2D eigenvalue weighted by Crippen LogP contribution is 2.20. The van der Waals surface area contributed by atoms with E-state index in [1.165, 1.54) is 0 Å². The van der Waals surface area contributed by atoms with Crippen LogP contribution in [0.4, 0.5) is 0 Å². The highest BCUT2D eigenvalue weighted by Gasteiger charge is 2.18. The van der Waals surface area contributed by atoms with Crippen LogP contribution < -0.4 is 5.32 Å². The highest BCUT2D eigenvalue weighted by atomic mass is 35.5. The van der Waals surface area contributed by atoms with E-state index in [0.29, 0.717) is 16.4 Å². The Kier molecular flexibility index (Phi) is 4.63. The Bertz CT molecular complexity index is 666. The number of hydrogen-bond acceptors (Lipinski definition) is 3. The fourth-order valence-corrected chi connectivity index (χ4v) is 2.07. The first-order valence-electron chi connectivity index (χ1n) is 6.93. The molecule has 0 bridgehead atoms. The van der Waals surface area contributed by atoms with Crippen molar-refractivity contribution in [1.82, 2.24) is 20.3 Å². The van der Waals surface area contributed by atoms with Crippen LogP contribution in [0.25, 0.3) is 5.69 Å². The summed E-state index contributed by atoms with van der Waals surface area (Å²) in [5, 5.41) is 11.6. The first-order valence-corrected chi connectivity index (χ1v) is 7.31. The summed E-state index contributed by atoms with van der Waals surface area (Å²) in [6, 6.07) is 5.74. The van der Waals surface area contributed by atoms with Gasteiger partial charge in [0.2, 0.25) is 0 Å². The van der Waals surface area contributed by atoms with Gasteiger partial charge in [-0.05, 0) is 44.9 Å². The quantitative estimate of drug-likeness (QED) is 0.944. The van der Waals surface area contributed by atoms with Crippen LogP contribution in [0.5, 0.6) is 0 Å². The number of carbonyl (C=O) groups is 1. The third-order valence-electron chi connectivity index (χ3n) is 3.50. The van der Waals surface area contributed by atoms with E-state index in [2.05, 4.69) is 15.6 Å². The Morgan fingerprint density at radius 2 is 2.14 bits per heavy atom. The Hall–Kier alpha value is -1.88. The fourth-order valence-electron chi connectivity index (χ4n) is 1.89. The normalized spacial score (nSPS) is 12.2. The highest BCUT2D eigenvalue weighted by molar-refractivity contribution is 6.31. The molecule has 1 atom stereocenters. The van der Waals surface area contributed by atoms with Crippen molar-refractivity contribution in [3.05, 3.63) is 40.2 Å². The van der Waals surface area contributed by atoms with Gasteiger partial charge in [0.25, 0.3) is 5.91 Å². The number of aromatic nitrogens is 3. The first-order chi connectivity index (χ1) is 9.93. The SMILES string of the molecule is CC[C@H](C)NC(=O)c1nnn(-c2ccc(C)c(Cl)c2)c1C. The topological polar surface area (TPSA) is 59.8 Å². The standard InChI is InChI=1S/C15H19ClN4O/c1-5-10(3)17-15(21)14-11(4)20(19-18-14)12-7-6-9(2)13(16)8-12/h6-8,10H,5H2,1-4H3,(H,17,21)/t10-/m0/s1. The summed E-state index contributed by atoms with van der Waals surface area (Å²) in [4.78, 5) is 12.1. The van der Waals surface area contributed by atoms with Gasteiger partial charge in [-0.1, -0.05) is 29.8 Å². The lowest BCUT2D eigenvalue weighted by Gasteiger charge is -2.10. The second kappa shape index (κ2) is 6.26. The van der Waals surface area contributed by atoms with Crippen molar-refractivity contribution >= 4 is 17.5 Å². The molecule has 0 aliphatic carbocycles. The van der Waals surface area contributed by atoms with Crippen molar-refractivity contribution in [2.24, 2.45) is 0 Å². The molecule has 5 nitrogen and oxygen atoms in total. The monoisotopic (exact) mass is 306 g/mol. The van der Waals surface area contributed by atoms with E-state index >= 15 is 0 Å². The van der Waals surface area contributed by atoms with Crippen molar-refractivity contribution in [3.63, 3.8) is 0 Å². The summed E-state index contributed by atoms with van der Waals surface area (Å²) in [6.45, 7) is 7.73. The Morgan fingerprint density at radius 1 is 1.43 bits per heavy atom. The molecular weight excluding hydrogens is 288 g/mol. The van der Waals surface area contributed by atoms with E-state index in [1.807, 2.05) is 45.9 Å². The zero-order valence-electron chi connectivity index (χ0n) is 12.6. The number of benzene rings is 1. The van der Waals surface area contributed by atoms with Gasteiger partial charge in [0.15, 0.2) is 5.69 Å². The molecule has 1 aromatic heterocycles. The Balaban J connectivity index is 2.32. The lowest BCUT2D eigenvalue weighted by molar-refractivity contribution is 0.0933. The van der Waals surface area contributed by atoms with E-state index in [9.17, 15) is 4.79 Å². The van der Waals surface area contributed by atoms with Gasteiger partial charge >= 0.3 is 0 Å². The number of aryl methyl sites for hydroxylation is 1. The maximum atomic E-state index is 12.1. The molecule has 0 aliphatic rings. The Labute approximate surface area is 129 Å². The third kappa shape index (κ3) is 3.24. The van der Waals surface area contributed by atoms with Crippen molar-refractivity contribution in [3.8, 4) is 5.69 Å². The van der Waals surface area contributed by atoms with Gasteiger partial charge in [0.1, 0.15) is 0 Å². The summed E-state index contributed by atoms with van der Waals surface area (Å²) >= 11 is 6.13. The first kappa shape index (κ1) is 15.5. The number of nitrogens with one attached hydrogen (secondary N) is 1. The van der Waals surface area contributed by atoms with Crippen molar-refractivity contribution < 1.29 is 4.79 Å². The van der Waals surface area contributed by atoms with Crippen LogP contribution in [-0.2, 0) is 0 Å². The van der Waals surface area contributed by atoms with E-state index in [-0.39, 0.29) is 11.9 Å². The minimum absolute atomic E-state index is 0.107. The Morgan fingerprint density at radius 3 is 2.76 bits per heavy atom. The molecule has 0 saturated carbocycles. The smallest absolute Gasteiger partial charge is 0.273 e. The summed E-state index contributed by atoms with van der Waals surface area (Å²) in [5.74, 6) is -0.202. The molecule has 112 valence electrons. The number of nitrogens with zero attached hydrogens (tertiary/aromatic N) is 3. The molecule has 0 unspecified atom stereocenters. The van der Waals surface area contributed by atoms with E-state index in [0.717, 1.165) is 17.7 Å². The number of halogens is 1. The predicted molar refractivity (Wildman–Crippen MR) is 83.1 cm³/mol. The van der Waals surface area contributed by atoms with Gasteiger partial charge in [0, 0.05) is 11.1 Å². The molecule has 1 N–H and O–H groups in total. The second-order valence-electron chi connectivity index (χ2n) is 5.15. The number of carbonyl (C=O) groups excluding carboxylic acids is 1. The van der Waals surface area contributed by atoms with Crippen LogP contribution >= 0.6 is 11.6 Å². The molecule has 0 aliphatic heterocycles. The fraction of sp³-hybridized carbons (Fsp3) is 0.400. The molecule has 2 aromatic rings. The molecular formula is C15H19ClN4O. The summed E-state index contributed by atoms with van der Waals surface area (Å²) in [5.41, 5.74) is 2.81. The van der Waals surface area contributed by atoms with Crippen molar-refractivity contribution in [2.75, 3.05) is 0 Å². The van der Waals surface area contributed by atoms with E-state index < -0.39 is 0 Å². The average Bonchev–Trinajstić information content (AvgIpc) is 2.83. The number of hydrogen-bond donors (Lipinski definition) is 1. The number of rotatable bonds is 4. The minimum Gasteiger partial charge on any atom is -0.348 e. The minimum atomic E-state index is -0.202. The third-order valence-corrected chi connectivity index (χ3v) is 3.91. The van der Waals surface area contributed by atoms with E-state index in [4.69, 9.17) is 11.6 Å². The molecule has 2 rings (SSSR count). The molecule has 1 aromatic carbocycles.